The number of pyridine rings is 1. The van der Waals surface area contributed by atoms with E-state index >= 15 is 0 Å². The maximum absolute atomic E-state index is 10.8. The van der Waals surface area contributed by atoms with Crippen molar-refractivity contribution in [1.29, 1.82) is 0 Å². The third kappa shape index (κ3) is 2.09. The predicted molar refractivity (Wildman–Crippen MR) is 81.8 cm³/mol. The summed E-state index contributed by atoms with van der Waals surface area (Å²) in [5.74, 6) is 1.40. The van der Waals surface area contributed by atoms with Crippen molar-refractivity contribution in [2.24, 2.45) is 7.05 Å². The molecule has 0 saturated carbocycles. The molecule has 22 heavy (non-hydrogen) atoms. The first-order chi connectivity index (χ1) is 10.7. The van der Waals surface area contributed by atoms with Gasteiger partial charge in [0, 0.05) is 5.39 Å². The molecule has 0 spiro atoms. The van der Waals surface area contributed by atoms with Crippen LogP contribution in [0.1, 0.15) is 17.2 Å². The molecule has 4 rings (SSSR count). The number of rotatable bonds is 2. The Bertz CT molecular complexity index is 860. The maximum atomic E-state index is 10.8. The van der Waals surface area contributed by atoms with E-state index < -0.39 is 6.10 Å². The third-order valence-electron chi connectivity index (χ3n) is 3.96. The molecule has 1 aliphatic heterocycles. The van der Waals surface area contributed by atoms with Gasteiger partial charge in [-0.15, -0.1) is 0 Å². The van der Waals surface area contributed by atoms with Gasteiger partial charge in [0.25, 0.3) is 0 Å². The molecule has 1 aliphatic rings. The summed E-state index contributed by atoms with van der Waals surface area (Å²) in [5, 5.41) is 13.0. The van der Waals surface area contributed by atoms with E-state index in [2.05, 4.69) is 0 Å². The fraction of sp³-hybridized carbons (Fsp3) is 0.167. The molecule has 4 nitrogen and oxygen atoms in total. The van der Waals surface area contributed by atoms with Crippen LogP contribution < -0.4 is 14.0 Å². The quantitative estimate of drug-likeness (QED) is 0.738. The Morgan fingerprint density at radius 3 is 2.77 bits per heavy atom. The summed E-state index contributed by atoms with van der Waals surface area (Å²) in [4.78, 5) is 0. The Hall–Kier alpha value is -2.59. The van der Waals surface area contributed by atoms with Crippen LogP contribution in [0, 0.1) is 0 Å². The first-order valence-electron chi connectivity index (χ1n) is 7.18. The van der Waals surface area contributed by atoms with Crippen LogP contribution in [0.5, 0.6) is 11.5 Å². The van der Waals surface area contributed by atoms with Crippen molar-refractivity contribution in [1.82, 2.24) is 0 Å². The molecule has 3 aromatic rings. The summed E-state index contributed by atoms with van der Waals surface area (Å²) in [6.45, 7) is 0.234. The number of fused-ring (bicyclic) bond motifs is 2. The molecule has 1 atom stereocenters. The zero-order valence-corrected chi connectivity index (χ0v) is 12.2. The molecular formula is C18H16NO3+. The van der Waals surface area contributed by atoms with E-state index in [0.717, 1.165) is 27.6 Å². The van der Waals surface area contributed by atoms with Crippen molar-refractivity contribution in [3.63, 3.8) is 0 Å². The van der Waals surface area contributed by atoms with Crippen molar-refractivity contribution < 1.29 is 19.1 Å². The van der Waals surface area contributed by atoms with Crippen molar-refractivity contribution in [3.8, 4) is 11.5 Å². The van der Waals surface area contributed by atoms with Crippen molar-refractivity contribution in [2.75, 3.05) is 6.79 Å². The summed E-state index contributed by atoms with van der Waals surface area (Å²) >= 11 is 0. The van der Waals surface area contributed by atoms with Crippen molar-refractivity contribution in [3.05, 3.63) is 66.0 Å². The Morgan fingerprint density at radius 2 is 1.86 bits per heavy atom. The minimum absolute atomic E-state index is 0.234. The average molecular weight is 294 g/mol. The second-order valence-electron chi connectivity index (χ2n) is 5.48. The van der Waals surface area contributed by atoms with Gasteiger partial charge in [0.1, 0.15) is 13.2 Å². The number of aromatic nitrogens is 1. The van der Waals surface area contributed by atoms with Crippen LogP contribution in [0.25, 0.3) is 10.8 Å². The summed E-state index contributed by atoms with van der Waals surface area (Å²) < 4.78 is 12.7. The number of aliphatic hydroxyl groups excluding tert-OH is 1. The lowest BCUT2D eigenvalue weighted by Gasteiger charge is -2.13. The fourth-order valence-electron chi connectivity index (χ4n) is 2.90. The Morgan fingerprint density at radius 1 is 1.05 bits per heavy atom. The van der Waals surface area contributed by atoms with E-state index in [9.17, 15) is 5.11 Å². The van der Waals surface area contributed by atoms with E-state index in [-0.39, 0.29) is 6.79 Å². The molecule has 110 valence electrons. The van der Waals surface area contributed by atoms with Crippen LogP contribution >= 0.6 is 0 Å². The van der Waals surface area contributed by atoms with Gasteiger partial charge >= 0.3 is 0 Å². The van der Waals surface area contributed by atoms with Crippen molar-refractivity contribution in [2.45, 2.75) is 6.10 Å². The van der Waals surface area contributed by atoms with Gasteiger partial charge in [-0.05, 0) is 29.1 Å². The number of hydrogen-bond acceptors (Lipinski definition) is 3. The fourth-order valence-corrected chi connectivity index (χ4v) is 2.90. The third-order valence-corrected chi connectivity index (χ3v) is 3.96. The van der Waals surface area contributed by atoms with Crippen LogP contribution in [0.4, 0.5) is 0 Å². The first-order valence-corrected chi connectivity index (χ1v) is 7.18. The largest absolute Gasteiger partial charge is 0.454 e. The predicted octanol–water partition coefficient (Wildman–Crippen LogP) is 2.47. The van der Waals surface area contributed by atoms with Gasteiger partial charge in [-0.2, -0.15) is 0 Å². The molecule has 0 saturated heterocycles. The topological polar surface area (TPSA) is 42.6 Å². The van der Waals surface area contributed by atoms with Gasteiger partial charge in [0.05, 0.1) is 5.56 Å². The molecule has 0 bridgehead atoms. The molecule has 0 amide bonds. The SMILES string of the molecule is C[n+]1cc(C(O)c2ccc3c(c2)OCO3)c2ccccc2c1. The minimum Gasteiger partial charge on any atom is -0.454 e. The van der Waals surface area contributed by atoms with Gasteiger partial charge in [-0.25, -0.2) is 4.57 Å². The molecule has 0 radical (unpaired) electrons. The highest BCUT2D eigenvalue weighted by Gasteiger charge is 2.21. The van der Waals surface area contributed by atoms with Crippen LogP contribution in [-0.4, -0.2) is 11.9 Å². The maximum Gasteiger partial charge on any atom is 0.231 e. The zero-order chi connectivity index (χ0) is 15.1. The lowest BCUT2D eigenvalue weighted by atomic mass is 9.97. The molecule has 0 aliphatic carbocycles. The van der Waals surface area contributed by atoms with Crippen LogP contribution in [0.15, 0.2) is 54.9 Å². The number of aliphatic hydroxyl groups is 1. The average Bonchev–Trinajstić information content (AvgIpc) is 3.00. The molecule has 1 aromatic heterocycles. The number of nitrogens with zero attached hydrogens (tertiary/aromatic N) is 1. The standard InChI is InChI=1S/C18H16NO3/c1-19-9-13-4-2-3-5-14(13)15(10-19)18(20)12-6-7-16-17(8-12)22-11-21-16/h2-10,18,20H,11H2,1H3/q+1. The first kappa shape index (κ1) is 13.1. The van der Waals surface area contributed by atoms with E-state index in [4.69, 9.17) is 9.47 Å². The monoisotopic (exact) mass is 294 g/mol. The van der Waals surface area contributed by atoms with Gasteiger partial charge in [0.2, 0.25) is 6.79 Å². The minimum atomic E-state index is -0.716. The molecule has 1 unspecified atom stereocenters. The Balaban J connectivity index is 1.84. The van der Waals surface area contributed by atoms with Gasteiger partial charge < -0.3 is 14.6 Å². The highest BCUT2D eigenvalue weighted by molar-refractivity contribution is 5.84. The summed E-state index contributed by atoms with van der Waals surface area (Å²) in [6.07, 6.45) is 3.29. The summed E-state index contributed by atoms with van der Waals surface area (Å²) in [6, 6.07) is 13.6. The Kier molecular flexibility index (Phi) is 2.98. The number of hydrogen-bond donors (Lipinski definition) is 1. The molecule has 1 N–H and O–H groups in total. The zero-order valence-electron chi connectivity index (χ0n) is 12.2. The van der Waals surface area contributed by atoms with Crippen molar-refractivity contribution >= 4 is 10.8 Å². The lowest BCUT2D eigenvalue weighted by Crippen LogP contribution is -2.28. The summed E-state index contributed by atoms with van der Waals surface area (Å²) in [5.41, 5.74) is 1.67. The highest BCUT2D eigenvalue weighted by Crippen LogP contribution is 2.36. The van der Waals surface area contributed by atoms with Gasteiger partial charge in [-0.1, -0.05) is 24.3 Å². The van der Waals surface area contributed by atoms with Gasteiger partial charge in [0.15, 0.2) is 23.9 Å². The highest BCUT2D eigenvalue weighted by atomic mass is 16.7. The normalized spacial score (nSPS) is 14.3. The molecule has 4 heteroatoms. The van der Waals surface area contributed by atoms with E-state index in [1.807, 2.05) is 66.5 Å². The van der Waals surface area contributed by atoms with Gasteiger partial charge in [-0.3, -0.25) is 0 Å². The van der Waals surface area contributed by atoms with Crippen LogP contribution in [0.3, 0.4) is 0 Å². The van der Waals surface area contributed by atoms with E-state index in [1.165, 1.54) is 0 Å². The van der Waals surface area contributed by atoms with Crippen LogP contribution in [-0.2, 0) is 7.05 Å². The second kappa shape index (κ2) is 5.00. The molecule has 0 fully saturated rings. The lowest BCUT2D eigenvalue weighted by molar-refractivity contribution is -0.670. The molecule has 2 heterocycles. The van der Waals surface area contributed by atoms with E-state index in [0.29, 0.717) is 5.75 Å². The van der Waals surface area contributed by atoms with E-state index in [1.54, 1.807) is 0 Å². The number of ether oxygens (including phenoxy) is 2. The smallest absolute Gasteiger partial charge is 0.231 e. The summed E-state index contributed by atoms with van der Waals surface area (Å²) in [7, 11) is 1.96. The van der Waals surface area contributed by atoms with Crippen LogP contribution in [0.2, 0.25) is 0 Å². The second-order valence-corrected chi connectivity index (χ2v) is 5.48. The molecular weight excluding hydrogens is 278 g/mol. The Labute approximate surface area is 128 Å². The number of aryl methyl sites for hydroxylation is 1. The number of benzene rings is 2. The molecule has 2 aromatic carbocycles.